The Balaban J connectivity index is 2.40. The van der Waals surface area contributed by atoms with E-state index in [0.717, 1.165) is 23.9 Å². The van der Waals surface area contributed by atoms with Crippen molar-refractivity contribution in [2.75, 3.05) is 11.6 Å². The molecular weight excluding hydrogens is 319 g/mol. The zero-order valence-corrected chi connectivity index (χ0v) is 12.7. The van der Waals surface area contributed by atoms with E-state index >= 15 is 0 Å². The molecule has 0 aliphatic rings. The Bertz CT molecular complexity index is 713. The molecule has 2 aromatic rings. The summed E-state index contributed by atoms with van der Waals surface area (Å²) in [4.78, 5) is 12.2. The molecule has 6 nitrogen and oxygen atoms in total. The zero-order chi connectivity index (χ0) is 16.5. The number of tetrazole rings is 1. The van der Waals surface area contributed by atoms with E-state index in [0.29, 0.717) is 0 Å². The maximum absolute atomic E-state index is 13.0. The topological polar surface area (TPSA) is 72.7 Å². The van der Waals surface area contributed by atoms with Gasteiger partial charge in [-0.05, 0) is 41.3 Å². The number of carbonyl (C=O) groups is 1. The lowest BCUT2D eigenvalue weighted by Gasteiger charge is -2.16. The number of thioether (sulfide) groups is 1. The second-order valence-corrected chi connectivity index (χ2v) is 5.21. The molecule has 0 fully saturated rings. The molecule has 0 unspecified atom stereocenters. The van der Waals surface area contributed by atoms with Crippen molar-refractivity contribution in [3.05, 3.63) is 28.8 Å². The Kier molecular flexibility index (Phi) is 4.40. The molecule has 0 spiro atoms. The van der Waals surface area contributed by atoms with Crippen molar-refractivity contribution in [3.63, 3.8) is 0 Å². The molecule has 2 rings (SSSR count). The van der Waals surface area contributed by atoms with E-state index in [1.54, 1.807) is 0 Å². The van der Waals surface area contributed by atoms with Crippen LogP contribution in [0.5, 0.6) is 0 Å². The predicted octanol–water partition coefficient (Wildman–Crippen LogP) is 2.51. The maximum atomic E-state index is 13.0. The first-order valence-electron chi connectivity index (χ1n) is 6.04. The average Bonchev–Trinajstić information content (AvgIpc) is 2.82. The van der Waals surface area contributed by atoms with Gasteiger partial charge in [0.15, 0.2) is 0 Å². The summed E-state index contributed by atoms with van der Waals surface area (Å²) in [5, 5.41) is 13.0. The number of alkyl halides is 3. The van der Waals surface area contributed by atoms with Crippen LogP contribution in [-0.2, 0) is 13.2 Å². The highest BCUT2D eigenvalue weighted by Gasteiger charge is 2.34. The summed E-state index contributed by atoms with van der Waals surface area (Å²) in [5.41, 5.74) is -0.357. The van der Waals surface area contributed by atoms with E-state index < -0.39 is 17.6 Å². The largest absolute Gasteiger partial charge is 0.417 e. The van der Waals surface area contributed by atoms with E-state index in [4.69, 9.17) is 0 Å². The number of hydrogen-bond acceptors (Lipinski definition) is 5. The smallest absolute Gasteiger partial charge is 0.289 e. The van der Waals surface area contributed by atoms with Gasteiger partial charge < -0.3 is 0 Å². The third kappa shape index (κ3) is 3.06. The minimum atomic E-state index is -4.47. The van der Waals surface area contributed by atoms with Crippen LogP contribution in [0.15, 0.2) is 17.0 Å². The summed E-state index contributed by atoms with van der Waals surface area (Å²) >= 11 is 0.946. The van der Waals surface area contributed by atoms with Crippen molar-refractivity contribution in [1.29, 1.82) is 0 Å². The standard InChI is InChI=1S/C12H12F3N5OS/c1-6-7(10(21)16-11-17-18-19-20(11)2)4-5-8(9(6)22-3)12(13,14)15/h4-5H,1-3H3,(H,16,17,19,21). The van der Waals surface area contributed by atoms with Gasteiger partial charge in [0.2, 0.25) is 5.95 Å². The first-order valence-corrected chi connectivity index (χ1v) is 7.26. The second kappa shape index (κ2) is 5.95. The van der Waals surface area contributed by atoms with Crippen LogP contribution in [0.1, 0.15) is 21.5 Å². The van der Waals surface area contributed by atoms with Crippen molar-refractivity contribution in [1.82, 2.24) is 20.2 Å². The van der Waals surface area contributed by atoms with Gasteiger partial charge >= 0.3 is 6.18 Å². The van der Waals surface area contributed by atoms with E-state index in [1.165, 1.54) is 24.9 Å². The van der Waals surface area contributed by atoms with Gasteiger partial charge in [-0.1, -0.05) is 5.10 Å². The fourth-order valence-electron chi connectivity index (χ4n) is 1.93. The van der Waals surface area contributed by atoms with Crippen LogP contribution < -0.4 is 5.32 Å². The summed E-state index contributed by atoms with van der Waals surface area (Å²) in [7, 11) is 1.53. The van der Waals surface area contributed by atoms with Gasteiger partial charge in [-0.3, -0.25) is 10.1 Å². The van der Waals surface area contributed by atoms with Crippen LogP contribution in [-0.4, -0.2) is 32.4 Å². The van der Waals surface area contributed by atoms with Gasteiger partial charge in [0.25, 0.3) is 5.91 Å². The van der Waals surface area contributed by atoms with Crippen molar-refractivity contribution in [2.24, 2.45) is 7.05 Å². The molecule has 118 valence electrons. The normalized spacial score (nSPS) is 11.5. The first kappa shape index (κ1) is 16.3. The van der Waals surface area contributed by atoms with E-state index in [9.17, 15) is 18.0 Å². The molecule has 0 aliphatic heterocycles. The number of nitrogens with one attached hydrogen (secondary N) is 1. The Hall–Kier alpha value is -2.10. The maximum Gasteiger partial charge on any atom is 0.417 e. The van der Waals surface area contributed by atoms with Crippen LogP contribution in [0.25, 0.3) is 0 Å². The molecule has 0 aliphatic carbocycles. The molecule has 0 atom stereocenters. The summed E-state index contributed by atoms with van der Waals surface area (Å²) < 4.78 is 40.1. The number of amides is 1. The molecule has 22 heavy (non-hydrogen) atoms. The van der Waals surface area contributed by atoms with Crippen LogP contribution in [0, 0.1) is 6.92 Å². The molecule has 0 bridgehead atoms. The number of hydrogen-bond donors (Lipinski definition) is 1. The van der Waals surface area contributed by atoms with Crippen molar-refractivity contribution >= 4 is 23.6 Å². The minimum Gasteiger partial charge on any atom is -0.289 e. The number of aromatic nitrogens is 4. The van der Waals surface area contributed by atoms with Gasteiger partial charge in [0.1, 0.15) is 0 Å². The summed E-state index contributed by atoms with van der Waals surface area (Å²) in [6.45, 7) is 1.48. The number of benzene rings is 1. The van der Waals surface area contributed by atoms with Crippen molar-refractivity contribution < 1.29 is 18.0 Å². The molecule has 0 saturated heterocycles. The lowest BCUT2D eigenvalue weighted by Crippen LogP contribution is -2.18. The number of nitrogens with zero attached hydrogens (tertiary/aromatic N) is 4. The van der Waals surface area contributed by atoms with Gasteiger partial charge in [-0.15, -0.1) is 11.8 Å². The van der Waals surface area contributed by atoms with Crippen LogP contribution in [0.2, 0.25) is 0 Å². The lowest BCUT2D eigenvalue weighted by atomic mass is 10.0. The fourth-order valence-corrected chi connectivity index (χ4v) is 2.75. The monoisotopic (exact) mass is 331 g/mol. The number of rotatable bonds is 3. The van der Waals surface area contributed by atoms with Gasteiger partial charge in [0.05, 0.1) is 5.56 Å². The van der Waals surface area contributed by atoms with Gasteiger partial charge in [0, 0.05) is 17.5 Å². The predicted molar refractivity (Wildman–Crippen MR) is 74.7 cm³/mol. The quantitative estimate of drug-likeness (QED) is 0.875. The van der Waals surface area contributed by atoms with Crippen LogP contribution >= 0.6 is 11.8 Å². The Morgan fingerprint density at radius 3 is 2.55 bits per heavy atom. The fraction of sp³-hybridized carbons (Fsp3) is 0.333. The number of carbonyl (C=O) groups excluding carboxylic acids is 1. The van der Waals surface area contributed by atoms with Crippen molar-refractivity contribution in [2.45, 2.75) is 18.0 Å². The molecule has 0 saturated carbocycles. The van der Waals surface area contributed by atoms with Crippen LogP contribution in [0.3, 0.4) is 0 Å². The number of halogens is 3. The Morgan fingerprint density at radius 1 is 1.36 bits per heavy atom. The molecule has 1 N–H and O–H groups in total. The SMILES string of the molecule is CSc1c(C(F)(F)F)ccc(C(=O)Nc2nnnn2C)c1C. The van der Waals surface area contributed by atoms with Crippen LogP contribution in [0.4, 0.5) is 19.1 Å². The molecule has 1 aromatic heterocycles. The number of anilines is 1. The summed E-state index contributed by atoms with van der Waals surface area (Å²) in [6.07, 6.45) is -2.93. The first-order chi connectivity index (χ1) is 10.3. The molecule has 0 radical (unpaired) electrons. The molecule has 10 heteroatoms. The Morgan fingerprint density at radius 2 is 2.05 bits per heavy atom. The highest BCUT2D eigenvalue weighted by molar-refractivity contribution is 7.98. The van der Waals surface area contributed by atoms with Crippen molar-refractivity contribution in [3.8, 4) is 0 Å². The third-order valence-electron chi connectivity index (χ3n) is 3.01. The molecule has 1 amide bonds. The van der Waals surface area contributed by atoms with E-state index in [-0.39, 0.29) is 22.0 Å². The highest BCUT2D eigenvalue weighted by atomic mass is 32.2. The lowest BCUT2D eigenvalue weighted by molar-refractivity contribution is -0.139. The highest BCUT2D eigenvalue weighted by Crippen LogP contribution is 2.38. The molecular formula is C12H12F3N5OS. The van der Waals surface area contributed by atoms with E-state index in [1.807, 2.05) is 0 Å². The number of aryl methyl sites for hydroxylation is 1. The summed E-state index contributed by atoms with van der Waals surface area (Å²) in [5.74, 6) is -0.463. The Labute approximate surface area is 128 Å². The van der Waals surface area contributed by atoms with Gasteiger partial charge in [-0.2, -0.15) is 13.2 Å². The molecule has 1 aromatic carbocycles. The third-order valence-corrected chi connectivity index (χ3v) is 3.94. The van der Waals surface area contributed by atoms with Gasteiger partial charge in [-0.25, -0.2) is 4.68 Å². The van der Waals surface area contributed by atoms with E-state index in [2.05, 4.69) is 20.8 Å². The minimum absolute atomic E-state index is 0.0243. The second-order valence-electron chi connectivity index (χ2n) is 4.40. The summed E-state index contributed by atoms with van der Waals surface area (Å²) in [6, 6.07) is 2.06. The zero-order valence-electron chi connectivity index (χ0n) is 11.9. The molecule has 1 heterocycles. The average molecular weight is 331 g/mol.